The van der Waals surface area contributed by atoms with E-state index < -0.39 is 0 Å². The third-order valence-corrected chi connectivity index (χ3v) is 5.60. The van der Waals surface area contributed by atoms with Crippen molar-refractivity contribution in [3.63, 3.8) is 0 Å². The highest BCUT2D eigenvalue weighted by atomic mass is 14.7. The van der Waals surface area contributed by atoms with Gasteiger partial charge in [-0.3, -0.25) is 9.97 Å². The molecule has 4 rings (SSSR count). The summed E-state index contributed by atoms with van der Waals surface area (Å²) in [6.45, 7) is 0. The van der Waals surface area contributed by atoms with Gasteiger partial charge < -0.3 is 0 Å². The van der Waals surface area contributed by atoms with Gasteiger partial charge in [-0.05, 0) is 67.6 Å². The summed E-state index contributed by atoms with van der Waals surface area (Å²) in [6, 6.07) is 6.59. The first-order chi connectivity index (χ1) is 10.3. The van der Waals surface area contributed by atoms with Gasteiger partial charge in [-0.25, -0.2) is 0 Å². The van der Waals surface area contributed by atoms with Crippen LogP contribution in [0.1, 0.15) is 50.0 Å². The normalized spacial score (nSPS) is 31.8. The number of rotatable bonds is 1. The van der Waals surface area contributed by atoms with E-state index in [1.165, 1.54) is 36.6 Å². The Bertz CT molecular complexity index is 694. The van der Waals surface area contributed by atoms with Gasteiger partial charge in [0.25, 0.3) is 0 Å². The number of hydrogen-bond donors (Lipinski definition) is 0. The van der Waals surface area contributed by atoms with E-state index in [0.717, 1.165) is 18.4 Å². The lowest BCUT2D eigenvalue weighted by atomic mass is 9.54. The molecule has 0 bridgehead atoms. The number of pyridine rings is 2. The zero-order chi connectivity index (χ0) is 14.3. The van der Waals surface area contributed by atoms with Crippen molar-refractivity contribution in [2.45, 2.75) is 44.4 Å². The number of nitriles is 1. The number of hydrogen-bond acceptors (Lipinski definition) is 3. The number of fused-ring (bicyclic) bond motifs is 1. The van der Waals surface area contributed by atoms with Crippen molar-refractivity contribution in [1.29, 1.82) is 5.26 Å². The minimum atomic E-state index is 0.326. The molecule has 0 aliphatic heterocycles. The van der Waals surface area contributed by atoms with Gasteiger partial charge in [0.05, 0.1) is 11.6 Å². The Labute approximate surface area is 125 Å². The smallest absolute Gasteiger partial charge is 0.0735 e. The Kier molecular flexibility index (Phi) is 2.92. The van der Waals surface area contributed by atoms with Crippen molar-refractivity contribution in [3.8, 4) is 6.07 Å². The number of aromatic nitrogens is 2. The van der Waals surface area contributed by atoms with Crippen LogP contribution in [0, 0.1) is 22.7 Å². The molecule has 2 fully saturated rings. The molecule has 0 saturated heterocycles. The van der Waals surface area contributed by atoms with E-state index in [0.29, 0.717) is 17.3 Å². The average Bonchev–Trinajstić information content (AvgIpc) is 2.52. The lowest BCUT2D eigenvalue weighted by Gasteiger charge is -2.49. The predicted molar refractivity (Wildman–Crippen MR) is 81.5 cm³/mol. The third-order valence-electron chi connectivity index (χ3n) is 5.60. The molecule has 3 nitrogen and oxygen atoms in total. The molecule has 1 spiro atoms. The monoisotopic (exact) mass is 277 g/mol. The summed E-state index contributed by atoms with van der Waals surface area (Å²) < 4.78 is 0. The molecule has 0 unspecified atom stereocenters. The zero-order valence-corrected chi connectivity index (χ0v) is 12.1. The summed E-state index contributed by atoms with van der Waals surface area (Å²) in [5.74, 6) is 0.957. The van der Waals surface area contributed by atoms with Crippen molar-refractivity contribution in [2.24, 2.45) is 11.3 Å². The summed E-state index contributed by atoms with van der Waals surface area (Å²) >= 11 is 0. The first-order valence-electron chi connectivity index (χ1n) is 7.88. The molecule has 2 aliphatic rings. The van der Waals surface area contributed by atoms with Crippen LogP contribution in [-0.4, -0.2) is 9.97 Å². The topological polar surface area (TPSA) is 49.6 Å². The van der Waals surface area contributed by atoms with Gasteiger partial charge in [0.2, 0.25) is 0 Å². The first kappa shape index (κ1) is 12.8. The van der Waals surface area contributed by atoms with Crippen LogP contribution < -0.4 is 0 Å². The maximum absolute atomic E-state index is 8.98. The molecule has 0 amide bonds. The summed E-state index contributed by atoms with van der Waals surface area (Å²) in [6.07, 6.45) is 13.0. The molecule has 0 N–H and O–H groups in total. The van der Waals surface area contributed by atoms with E-state index in [-0.39, 0.29) is 0 Å². The maximum atomic E-state index is 8.98. The molecule has 106 valence electrons. The highest BCUT2D eigenvalue weighted by Gasteiger charge is 2.46. The summed E-state index contributed by atoms with van der Waals surface area (Å²) in [4.78, 5) is 8.71. The van der Waals surface area contributed by atoms with Crippen LogP contribution in [0.5, 0.6) is 0 Å². The molecular formula is C18H19N3. The van der Waals surface area contributed by atoms with Crippen molar-refractivity contribution in [3.05, 3.63) is 36.3 Å². The maximum Gasteiger partial charge on any atom is 0.0735 e. The Balaban J connectivity index is 1.55. The van der Waals surface area contributed by atoms with Crippen molar-refractivity contribution >= 4 is 10.9 Å². The second-order valence-corrected chi connectivity index (χ2v) is 6.80. The van der Waals surface area contributed by atoms with Crippen molar-refractivity contribution in [1.82, 2.24) is 9.97 Å². The Morgan fingerprint density at radius 3 is 2.71 bits per heavy atom. The fourth-order valence-electron chi connectivity index (χ4n) is 4.39. The molecule has 0 radical (unpaired) electrons. The van der Waals surface area contributed by atoms with Crippen LogP contribution in [0.2, 0.25) is 0 Å². The quantitative estimate of drug-likeness (QED) is 0.784. The molecule has 2 aromatic heterocycles. The third kappa shape index (κ3) is 2.10. The molecule has 21 heavy (non-hydrogen) atoms. The van der Waals surface area contributed by atoms with Gasteiger partial charge in [0.1, 0.15) is 0 Å². The van der Waals surface area contributed by atoms with E-state index >= 15 is 0 Å². The molecular weight excluding hydrogens is 258 g/mol. The largest absolute Gasteiger partial charge is 0.264 e. The highest BCUT2D eigenvalue weighted by Crippen LogP contribution is 2.57. The van der Waals surface area contributed by atoms with Gasteiger partial charge in [0, 0.05) is 29.9 Å². The minimum Gasteiger partial charge on any atom is -0.264 e. The van der Waals surface area contributed by atoms with Crippen LogP contribution >= 0.6 is 0 Å². The van der Waals surface area contributed by atoms with E-state index in [2.05, 4.69) is 22.1 Å². The fraction of sp³-hybridized carbons (Fsp3) is 0.500. The van der Waals surface area contributed by atoms with Crippen LogP contribution in [0.15, 0.2) is 30.7 Å². The van der Waals surface area contributed by atoms with Crippen molar-refractivity contribution < 1.29 is 0 Å². The van der Waals surface area contributed by atoms with E-state index in [4.69, 9.17) is 5.26 Å². The Hall–Kier alpha value is -1.95. The molecule has 2 saturated carbocycles. The lowest BCUT2D eigenvalue weighted by molar-refractivity contribution is 0.0350. The van der Waals surface area contributed by atoms with E-state index in [1.54, 1.807) is 0 Å². The summed E-state index contributed by atoms with van der Waals surface area (Å²) in [7, 11) is 0. The number of nitrogens with zero attached hydrogens (tertiary/aromatic N) is 3. The van der Waals surface area contributed by atoms with Gasteiger partial charge in [-0.1, -0.05) is 0 Å². The first-order valence-corrected chi connectivity index (χ1v) is 7.88. The fourth-order valence-corrected chi connectivity index (χ4v) is 4.39. The molecule has 0 aromatic carbocycles. The van der Waals surface area contributed by atoms with Crippen LogP contribution in [0.25, 0.3) is 10.9 Å². The highest BCUT2D eigenvalue weighted by molar-refractivity contribution is 5.81. The average molecular weight is 277 g/mol. The Morgan fingerprint density at radius 1 is 1.14 bits per heavy atom. The van der Waals surface area contributed by atoms with Gasteiger partial charge in [0.15, 0.2) is 0 Å². The molecule has 2 heterocycles. The second kappa shape index (κ2) is 4.80. The van der Waals surface area contributed by atoms with E-state index in [9.17, 15) is 0 Å². The molecule has 0 atom stereocenters. The molecule has 2 aromatic rings. The summed E-state index contributed by atoms with van der Waals surface area (Å²) in [5.41, 5.74) is 2.97. The van der Waals surface area contributed by atoms with Gasteiger partial charge in [-0.15, -0.1) is 0 Å². The van der Waals surface area contributed by atoms with E-state index in [1.807, 2.05) is 24.7 Å². The minimum absolute atomic E-state index is 0.326. The zero-order valence-electron chi connectivity index (χ0n) is 12.1. The molecule has 3 heteroatoms. The van der Waals surface area contributed by atoms with Crippen LogP contribution in [0.3, 0.4) is 0 Å². The molecule has 2 aliphatic carbocycles. The SMILES string of the molecule is N#CC1CC2(CCC(c3ccnc4ccncc34)CC2)C1. The van der Waals surface area contributed by atoms with Crippen molar-refractivity contribution in [2.75, 3.05) is 0 Å². The van der Waals surface area contributed by atoms with Crippen LogP contribution in [0.4, 0.5) is 0 Å². The van der Waals surface area contributed by atoms with Gasteiger partial charge in [-0.2, -0.15) is 5.26 Å². The predicted octanol–water partition coefficient (Wildman–Crippen LogP) is 4.21. The lowest BCUT2D eigenvalue weighted by Crippen LogP contribution is -2.39. The van der Waals surface area contributed by atoms with Crippen LogP contribution in [-0.2, 0) is 0 Å². The second-order valence-electron chi connectivity index (χ2n) is 6.80. The summed E-state index contributed by atoms with van der Waals surface area (Å²) in [5, 5.41) is 10.2. The Morgan fingerprint density at radius 2 is 1.95 bits per heavy atom. The van der Waals surface area contributed by atoms with Gasteiger partial charge >= 0.3 is 0 Å². The standard InChI is InChI=1S/C18H19N3/c19-11-13-9-18(10-13)5-1-14(2-6-18)15-3-8-21-17-4-7-20-12-16(15)17/h3-4,7-8,12-14H,1-2,5-6,9-10H2.